The number of hydrogen-bond donors (Lipinski definition) is 1. The van der Waals surface area contributed by atoms with Crippen LogP contribution in [0.1, 0.15) is 16.9 Å². The fourth-order valence-corrected chi connectivity index (χ4v) is 3.76. The van der Waals surface area contributed by atoms with Crippen molar-refractivity contribution in [2.75, 3.05) is 19.5 Å². The SMILES string of the molecule is COP(=O)(OC)[C@H](Nc1ccc(C)cc1)c1ccc(Br)cc1. The number of aryl methyl sites for hydroxylation is 1. The molecule has 0 unspecified atom stereocenters. The maximum absolute atomic E-state index is 12.9. The van der Waals surface area contributed by atoms with Crippen molar-refractivity contribution in [3.63, 3.8) is 0 Å². The van der Waals surface area contributed by atoms with Crippen LogP contribution in [0.5, 0.6) is 0 Å². The molecule has 0 aliphatic rings. The van der Waals surface area contributed by atoms with E-state index in [9.17, 15) is 4.57 Å². The van der Waals surface area contributed by atoms with Crippen LogP contribution in [0.2, 0.25) is 0 Å². The zero-order valence-corrected chi connectivity index (χ0v) is 15.2. The van der Waals surface area contributed by atoms with Crippen molar-refractivity contribution in [1.82, 2.24) is 0 Å². The first kappa shape index (κ1) is 17.2. The van der Waals surface area contributed by atoms with Crippen LogP contribution in [0.15, 0.2) is 53.0 Å². The molecule has 6 heteroatoms. The van der Waals surface area contributed by atoms with E-state index in [-0.39, 0.29) is 0 Å². The Kier molecular flexibility index (Phi) is 5.81. The second kappa shape index (κ2) is 7.42. The maximum atomic E-state index is 12.9. The molecule has 0 heterocycles. The van der Waals surface area contributed by atoms with Crippen LogP contribution in [-0.4, -0.2) is 14.2 Å². The predicted molar refractivity (Wildman–Crippen MR) is 93.3 cm³/mol. The van der Waals surface area contributed by atoms with Gasteiger partial charge in [-0.2, -0.15) is 0 Å². The van der Waals surface area contributed by atoms with Gasteiger partial charge in [0, 0.05) is 24.4 Å². The van der Waals surface area contributed by atoms with Crippen molar-refractivity contribution < 1.29 is 13.6 Å². The van der Waals surface area contributed by atoms with Gasteiger partial charge in [-0.15, -0.1) is 0 Å². The minimum absolute atomic E-state index is 0.585. The largest absolute Gasteiger partial charge is 0.368 e. The van der Waals surface area contributed by atoms with Crippen LogP contribution in [0.3, 0.4) is 0 Å². The van der Waals surface area contributed by atoms with Crippen LogP contribution in [0.4, 0.5) is 5.69 Å². The number of halogens is 1. The number of anilines is 1. The van der Waals surface area contributed by atoms with E-state index in [1.807, 2.05) is 55.5 Å². The van der Waals surface area contributed by atoms with E-state index in [1.54, 1.807) is 0 Å². The Labute approximate surface area is 139 Å². The molecular weight excluding hydrogens is 365 g/mol. The molecule has 0 saturated heterocycles. The summed E-state index contributed by atoms with van der Waals surface area (Å²) < 4.78 is 24.2. The van der Waals surface area contributed by atoms with E-state index in [2.05, 4.69) is 21.2 Å². The van der Waals surface area contributed by atoms with Crippen molar-refractivity contribution in [3.05, 3.63) is 64.1 Å². The normalized spacial score (nSPS) is 12.9. The fraction of sp³-hybridized carbons (Fsp3) is 0.250. The second-order valence-electron chi connectivity index (χ2n) is 4.87. The van der Waals surface area contributed by atoms with Gasteiger partial charge in [0.05, 0.1) is 0 Å². The predicted octanol–water partition coefficient (Wildman–Crippen LogP) is 5.35. The van der Waals surface area contributed by atoms with Gasteiger partial charge in [-0.3, -0.25) is 4.57 Å². The van der Waals surface area contributed by atoms with Crippen LogP contribution < -0.4 is 5.32 Å². The Balaban J connectivity index is 2.39. The number of benzene rings is 2. The first-order chi connectivity index (χ1) is 10.5. The summed E-state index contributed by atoms with van der Waals surface area (Å²) in [5, 5.41) is 3.26. The summed E-state index contributed by atoms with van der Waals surface area (Å²) in [6.45, 7) is 2.02. The first-order valence-corrected chi connectivity index (χ1v) is 9.19. The molecule has 0 saturated carbocycles. The van der Waals surface area contributed by atoms with E-state index in [0.29, 0.717) is 0 Å². The lowest BCUT2D eigenvalue weighted by atomic mass is 10.2. The van der Waals surface area contributed by atoms with Gasteiger partial charge < -0.3 is 14.4 Å². The highest BCUT2D eigenvalue weighted by molar-refractivity contribution is 9.10. The van der Waals surface area contributed by atoms with Crippen LogP contribution in [-0.2, 0) is 13.6 Å². The fourth-order valence-electron chi connectivity index (χ4n) is 2.08. The molecule has 2 aromatic carbocycles. The van der Waals surface area contributed by atoms with Gasteiger partial charge in [-0.05, 0) is 36.8 Å². The Bertz CT molecular complexity index is 650. The van der Waals surface area contributed by atoms with E-state index >= 15 is 0 Å². The molecule has 0 aliphatic heterocycles. The number of hydrogen-bond acceptors (Lipinski definition) is 4. The summed E-state index contributed by atoms with van der Waals surface area (Å²) in [5.41, 5.74) is 2.84. The van der Waals surface area contributed by atoms with Gasteiger partial charge >= 0.3 is 7.60 Å². The minimum atomic E-state index is -3.33. The lowest BCUT2D eigenvalue weighted by molar-refractivity contribution is 0.268. The lowest BCUT2D eigenvalue weighted by Gasteiger charge is -2.26. The molecular formula is C16H19BrNO3P. The minimum Gasteiger partial charge on any atom is -0.368 e. The molecule has 0 bridgehead atoms. The maximum Gasteiger partial charge on any atom is 0.356 e. The summed E-state index contributed by atoms with van der Waals surface area (Å²) >= 11 is 3.40. The topological polar surface area (TPSA) is 47.6 Å². The quantitative estimate of drug-likeness (QED) is 0.682. The molecule has 0 amide bonds. The van der Waals surface area contributed by atoms with Crippen molar-refractivity contribution in [2.24, 2.45) is 0 Å². The number of rotatable bonds is 6. The summed E-state index contributed by atoms with van der Waals surface area (Å²) in [6, 6.07) is 15.4. The van der Waals surface area contributed by atoms with Gasteiger partial charge in [0.1, 0.15) is 0 Å². The molecule has 1 N–H and O–H groups in total. The van der Waals surface area contributed by atoms with Crippen LogP contribution in [0, 0.1) is 6.92 Å². The highest BCUT2D eigenvalue weighted by atomic mass is 79.9. The molecule has 0 spiro atoms. The van der Waals surface area contributed by atoms with Gasteiger partial charge in [0.15, 0.2) is 5.78 Å². The van der Waals surface area contributed by atoms with E-state index in [4.69, 9.17) is 9.05 Å². The zero-order chi connectivity index (χ0) is 16.2. The van der Waals surface area contributed by atoms with Crippen LogP contribution >= 0.6 is 23.5 Å². The molecule has 0 aliphatic carbocycles. The number of nitrogens with one attached hydrogen (secondary N) is 1. The molecule has 0 radical (unpaired) electrons. The molecule has 118 valence electrons. The van der Waals surface area contributed by atoms with Crippen LogP contribution in [0.25, 0.3) is 0 Å². The Morgan fingerprint density at radius 2 is 1.55 bits per heavy atom. The monoisotopic (exact) mass is 383 g/mol. The standard InChI is InChI=1S/C16H19BrNO3P/c1-12-4-10-15(11-5-12)18-16(22(19,20-2)21-3)13-6-8-14(17)9-7-13/h4-11,16,18H,1-3H3/t16-/m0/s1. The molecule has 22 heavy (non-hydrogen) atoms. The molecule has 1 atom stereocenters. The van der Waals surface area contributed by atoms with Gasteiger partial charge in [-0.25, -0.2) is 0 Å². The van der Waals surface area contributed by atoms with E-state index in [1.165, 1.54) is 14.2 Å². The van der Waals surface area contributed by atoms with E-state index < -0.39 is 13.4 Å². The summed E-state index contributed by atoms with van der Waals surface area (Å²) in [6.07, 6.45) is 0. The smallest absolute Gasteiger partial charge is 0.356 e. The Morgan fingerprint density at radius 1 is 1.00 bits per heavy atom. The highest BCUT2D eigenvalue weighted by Gasteiger charge is 2.35. The van der Waals surface area contributed by atoms with Crippen molar-refractivity contribution >= 4 is 29.2 Å². The van der Waals surface area contributed by atoms with Gasteiger partial charge in [-0.1, -0.05) is 45.8 Å². The van der Waals surface area contributed by atoms with E-state index in [0.717, 1.165) is 21.3 Å². The zero-order valence-electron chi connectivity index (χ0n) is 12.7. The van der Waals surface area contributed by atoms with Crippen molar-refractivity contribution in [1.29, 1.82) is 0 Å². The average Bonchev–Trinajstić information content (AvgIpc) is 2.54. The molecule has 0 fully saturated rings. The third-order valence-corrected chi connectivity index (χ3v) is 5.97. The highest BCUT2D eigenvalue weighted by Crippen LogP contribution is 2.59. The molecule has 2 rings (SSSR count). The average molecular weight is 384 g/mol. The third kappa shape index (κ3) is 3.99. The Morgan fingerprint density at radius 3 is 2.05 bits per heavy atom. The van der Waals surface area contributed by atoms with Gasteiger partial charge in [0.25, 0.3) is 0 Å². The van der Waals surface area contributed by atoms with Gasteiger partial charge in [0.2, 0.25) is 0 Å². The second-order valence-corrected chi connectivity index (χ2v) is 8.11. The molecule has 2 aromatic rings. The summed E-state index contributed by atoms with van der Waals surface area (Å²) in [4.78, 5) is 0. The Hall–Kier alpha value is -1.13. The van der Waals surface area contributed by atoms with Crippen molar-refractivity contribution in [3.8, 4) is 0 Å². The summed E-state index contributed by atoms with van der Waals surface area (Å²) in [7, 11) is -0.540. The summed E-state index contributed by atoms with van der Waals surface area (Å²) in [5.74, 6) is -0.585. The molecule has 0 aromatic heterocycles. The first-order valence-electron chi connectivity index (χ1n) is 6.78. The van der Waals surface area contributed by atoms with Crippen molar-refractivity contribution in [2.45, 2.75) is 12.7 Å². The third-order valence-electron chi connectivity index (χ3n) is 3.37. The lowest BCUT2D eigenvalue weighted by Crippen LogP contribution is -2.13. The molecule has 4 nitrogen and oxygen atoms in total.